The minimum Gasteiger partial charge on any atom is -0.388 e. The molecule has 0 aromatic heterocycles. The van der Waals surface area contributed by atoms with Crippen molar-refractivity contribution in [2.75, 3.05) is 0 Å². The van der Waals surface area contributed by atoms with Crippen LogP contribution in [0.25, 0.3) is 0 Å². The third-order valence-corrected chi connectivity index (χ3v) is 7.59. The normalized spacial score (nSPS) is 48.1. The average molecular weight is 395 g/mol. The molecule has 4 bridgehead atoms. The van der Waals surface area contributed by atoms with Crippen LogP contribution in [0.5, 0.6) is 0 Å². The fraction of sp³-hybridized carbons (Fsp3) is 0.826. The lowest BCUT2D eigenvalue weighted by molar-refractivity contribution is -0.593. The van der Waals surface area contributed by atoms with E-state index in [9.17, 15) is 10.2 Å². The maximum absolute atomic E-state index is 11.5. The molecule has 4 rings (SSSR count). The number of rotatable bonds is 6. The lowest BCUT2D eigenvalue weighted by atomic mass is 9.64. The van der Waals surface area contributed by atoms with Gasteiger partial charge in [0.2, 0.25) is 0 Å². The largest absolute Gasteiger partial charge is 0.388 e. The molecule has 5 nitrogen and oxygen atoms in total. The van der Waals surface area contributed by atoms with Crippen molar-refractivity contribution in [2.24, 2.45) is 23.7 Å². The zero-order chi connectivity index (χ0) is 21.1. The van der Waals surface area contributed by atoms with Crippen LogP contribution >= 0.6 is 0 Å². The first-order valence-electron chi connectivity index (χ1n) is 10.8. The van der Waals surface area contributed by atoms with E-state index >= 15 is 0 Å². The Morgan fingerprint density at radius 2 is 1.75 bits per heavy atom. The Bertz CT molecular complexity index is 662. The Morgan fingerprint density at radius 1 is 1.11 bits per heavy atom. The van der Waals surface area contributed by atoms with Gasteiger partial charge in [-0.1, -0.05) is 59.3 Å². The van der Waals surface area contributed by atoms with Crippen LogP contribution in [-0.2, 0) is 14.2 Å². The van der Waals surface area contributed by atoms with E-state index in [1.165, 1.54) is 0 Å². The van der Waals surface area contributed by atoms with Crippen molar-refractivity contribution < 1.29 is 24.4 Å². The summed E-state index contributed by atoms with van der Waals surface area (Å²) in [6.07, 6.45) is 4.80. The molecule has 0 aromatic carbocycles. The Hall–Kier alpha value is -0.720. The molecule has 28 heavy (non-hydrogen) atoms. The lowest BCUT2D eigenvalue weighted by Crippen LogP contribution is -2.83. The zero-order valence-electron chi connectivity index (χ0n) is 18.7. The Kier molecular flexibility index (Phi) is 5.66. The van der Waals surface area contributed by atoms with Crippen LogP contribution in [0.15, 0.2) is 23.3 Å². The van der Waals surface area contributed by atoms with E-state index in [-0.39, 0.29) is 23.9 Å². The second-order valence-electron chi connectivity index (χ2n) is 9.20. The summed E-state index contributed by atoms with van der Waals surface area (Å²) in [5.74, 6) is -4.26. The third kappa shape index (κ3) is 2.85. The van der Waals surface area contributed by atoms with Crippen molar-refractivity contribution in [1.29, 1.82) is 0 Å². The molecule has 160 valence electrons. The van der Waals surface area contributed by atoms with Gasteiger partial charge in [-0.05, 0) is 32.3 Å². The molecular weight excluding hydrogens is 356 g/mol. The van der Waals surface area contributed by atoms with Gasteiger partial charge in [0, 0.05) is 17.8 Å². The third-order valence-electron chi connectivity index (χ3n) is 7.59. The van der Waals surface area contributed by atoms with Crippen molar-refractivity contribution >= 4 is 0 Å². The molecule has 4 aliphatic rings. The number of hydrogen-bond acceptors (Lipinski definition) is 5. The predicted octanol–water partition coefficient (Wildman–Crippen LogP) is 4.14. The second-order valence-corrected chi connectivity index (χ2v) is 9.20. The average Bonchev–Trinajstić information content (AvgIpc) is 2.65. The maximum atomic E-state index is 11.5. The summed E-state index contributed by atoms with van der Waals surface area (Å²) >= 11 is 0. The van der Waals surface area contributed by atoms with Gasteiger partial charge < -0.3 is 24.4 Å². The number of aliphatic hydroxyl groups is 2. The molecule has 2 N–H and O–H groups in total. The molecule has 9 atom stereocenters. The molecular formula is C23H38O5. The van der Waals surface area contributed by atoms with Crippen LogP contribution in [0.3, 0.4) is 0 Å². The van der Waals surface area contributed by atoms with Gasteiger partial charge in [-0.3, -0.25) is 0 Å². The first-order valence-corrected chi connectivity index (χ1v) is 10.8. The molecule has 0 radical (unpaired) electrons. The van der Waals surface area contributed by atoms with Crippen LogP contribution in [0.1, 0.15) is 68.2 Å². The van der Waals surface area contributed by atoms with Crippen LogP contribution in [-0.4, -0.2) is 39.8 Å². The fourth-order valence-corrected chi connectivity index (χ4v) is 5.67. The molecule has 0 unspecified atom stereocenters. The molecule has 4 aliphatic heterocycles. The molecule has 0 aliphatic carbocycles. The highest BCUT2D eigenvalue weighted by molar-refractivity contribution is 5.24. The lowest BCUT2D eigenvalue weighted by Gasteiger charge is -2.72. The van der Waals surface area contributed by atoms with Crippen molar-refractivity contribution in [3.63, 3.8) is 0 Å². The molecule has 4 fully saturated rings. The minimum atomic E-state index is -1.33. The van der Waals surface area contributed by atoms with E-state index in [0.29, 0.717) is 6.42 Å². The molecule has 5 heteroatoms. The van der Waals surface area contributed by atoms with E-state index in [4.69, 9.17) is 14.2 Å². The minimum absolute atomic E-state index is 0.00381. The quantitative estimate of drug-likeness (QED) is 0.663. The first-order chi connectivity index (χ1) is 13.0. The van der Waals surface area contributed by atoms with Crippen molar-refractivity contribution in [2.45, 2.75) is 97.8 Å². The summed E-state index contributed by atoms with van der Waals surface area (Å²) in [5.41, 5.74) is 1.99. The van der Waals surface area contributed by atoms with Crippen molar-refractivity contribution in [1.82, 2.24) is 0 Å². The van der Waals surface area contributed by atoms with Crippen LogP contribution in [0.4, 0.5) is 0 Å². The van der Waals surface area contributed by atoms with Gasteiger partial charge in [-0.2, -0.15) is 0 Å². The smallest absolute Gasteiger partial charge is 0.185 e. The summed E-state index contributed by atoms with van der Waals surface area (Å²) in [6.45, 7) is 16.0. The summed E-state index contributed by atoms with van der Waals surface area (Å²) < 4.78 is 19.4. The Labute approximate surface area is 169 Å². The van der Waals surface area contributed by atoms with E-state index < -0.39 is 29.4 Å². The van der Waals surface area contributed by atoms with Crippen LogP contribution in [0, 0.1) is 23.7 Å². The monoisotopic (exact) mass is 394 g/mol. The summed E-state index contributed by atoms with van der Waals surface area (Å²) in [7, 11) is 0. The highest BCUT2D eigenvalue weighted by Crippen LogP contribution is 2.64. The maximum Gasteiger partial charge on any atom is 0.185 e. The van der Waals surface area contributed by atoms with Gasteiger partial charge in [0.05, 0.1) is 18.1 Å². The number of hydrogen-bond donors (Lipinski definition) is 2. The topological polar surface area (TPSA) is 68.2 Å². The molecule has 0 amide bonds. The molecule has 0 spiro atoms. The van der Waals surface area contributed by atoms with Crippen molar-refractivity contribution in [3.05, 3.63) is 23.3 Å². The summed E-state index contributed by atoms with van der Waals surface area (Å²) in [4.78, 5) is 0. The SMILES string of the molecule is CC/C=C(C)/C=C(\C)[C@H](O)[C@H](C)[C@]12O[C@H]3[C@@H](C)[C@](CC)(O[C@](O)([C@@H]3C)[C@@H]1C)O2. The Morgan fingerprint density at radius 3 is 2.32 bits per heavy atom. The van der Waals surface area contributed by atoms with Gasteiger partial charge in [0.15, 0.2) is 17.4 Å². The number of aliphatic hydroxyl groups excluding tert-OH is 1. The van der Waals surface area contributed by atoms with Gasteiger partial charge in [0.1, 0.15) is 0 Å². The van der Waals surface area contributed by atoms with Gasteiger partial charge in [-0.15, -0.1) is 0 Å². The second kappa shape index (κ2) is 7.21. The van der Waals surface area contributed by atoms with Crippen LogP contribution in [0.2, 0.25) is 0 Å². The van der Waals surface area contributed by atoms with Crippen molar-refractivity contribution in [3.8, 4) is 0 Å². The predicted molar refractivity (Wildman–Crippen MR) is 108 cm³/mol. The van der Waals surface area contributed by atoms with Gasteiger partial charge >= 0.3 is 0 Å². The fourth-order valence-electron chi connectivity index (χ4n) is 5.67. The number of ether oxygens (including phenoxy) is 3. The molecule has 0 saturated carbocycles. The van der Waals surface area contributed by atoms with Crippen LogP contribution < -0.4 is 0 Å². The van der Waals surface area contributed by atoms with E-state index in [1.54, 1.807) is 0 Å². The first kappa shape index (κ1) is 22.0. The summed E-state index contributed by atoms with van der Waals surface area (Å²) in [5, 5.41) is 22.7. The number of allylic oxidation sites excluding steroid dienone is 3. The zero-order valence-corrected chi connectivity index (χ0v) is 18.7. The van der Waals surface area contributed by atoms with E-state index in [0.717, 1.165) is 17.6 Å². The molecule has 0 aromatic rings. The van der Waals surface area contributed by atoms with Gasteiger partial charge in [-0.25, -0.2) is 0 Å². The molecule has 4 heterocycles. The highest BCUT2D eigenvalue weighted by atomic mass is 16.9. The van der Waals surface area contributed by atoms with E-state index in [1.807, 2.05) is 47.6 Å². The van der Waals surface area contributed by atoms with E-state index in [2.05, 4.69) is 19.9 Å². The standard InChI is InChI=1S/C23H38O5/c1-9-11-13(3)12-14(4)19(24)15(5)23-18(8)22(25)17(7)20(26-23)16(6)21(10-2,27-22)28-23/h11-12,15-20,24-25H,9-10H2,1-8H3/b13-11+,14-12+/t15-,16+,17+,18-,19-,20-,21+,22+,23+/m0/s1. The summed E-state index contributed by atoms with van der Waals surface area (Å²) in [6, 6.07) is 0. The van der Waals surface area contributed by atoms with Gasteiger partial charge in [0.25, 0.3) is 0 Å². The highest BCUT2D eigenvalue weighted by Gasteiger charge is 2.76. The Balaban J connectivity index is 2.00. The molecule has 4 saturated heterocycles.